The van der Waals surface area contributed by atoms with E-state index in [1.54, 1.807) is 19.2 Å². The van der Waals surface area contributed by atoms with Gasteiger partial charge in [0.15, 0.2) is 0 Å². The summed E-state index contributed by atoms with van der Waals surface area (Å²) >= 11 is 0. The van der Waals surface area contributed by atoms with Gasteiger partial charge in [0.2, 0.25) is 21.8 Å². The van der Waals surface area contributed by atoms with Crippen molar-refractivity contribution in [1.29, 1.82) is 0 Å². The fourth-order valence-corrected chi connectivity index (χ4v) is 5.27. The predicted octanol–water partition coefficient (Wildman–Crippen LogP) is 1.93. The number of carbonyl (C=O) groups is 2. The molecule has 0 radical (unpaired) electrons. The van der Waals surface area contributed by atoms with Crippen molar-refractivity contribution in [2.45, 2.75) is 30.7 Å². The molecule has 1 aliphatic heterocycles. The molecule has 2 aromatic rings. The standard InChI is InChI=1S/C24H31N3O6S/c1-32-20-7-5-18(6-8-20)16-26-23(28)13-14-25-24(29)19-4-3-15-27(17-19)34(30,31)22-11-9-21(33-2)10-12-22/h5-12,19H,3-4,13-17H2,1-2H3,(H,25,29)(H,26,28)/t19-/m1/s1. The van der Waals surface area contributed by atoms with Crippen LogP contribution in [0.2, 0.25) is 0 Å². The highest BCUT2D eigenvalue weighted by Gasteiger charge is 2.33. The molecule has 1 saturated heterocycles. The van der Waals surface area contributed by atoms with Crippen LogP contribution in [-0.2, 0) is 26.2 Å². The number of nitrogens with one attached hydrogen (secondary N) is 2. The summed E-state index contributed by atoms with van der Waals surface area (Å²) in [5, 5.41) is 5.58. The Hall–Kier alpha value is -3.11. The third kappa shape index (κ3) is 6.71. The molecule has 0 spiro atoms. The zero-order chi connectivity index (χ0) is 24.6. The number of amides is 2. The second kappa shape index (κ2) is 11.8. The molecule has 10 heteroatoms. The molecule has 34 heavy (non-hydrogen) atoms. The summed E-state index contributed by atoms with van der Waals surface area (Å²) < 4.78 is 37.5. The highest BCUT2D eigenvalue weighted by atomic mass is 32.2. The molecule has 3 rings (SSSR count). The lowest BCUT2D eigenvalue weighted by atomic mass is 9.99. The number of sulfonamides is 1. The van der Waals surface area contributed by atoms with E-state index in [9.17, 15) is 18.0 Å². The van der Waals surface area contributed by atoms with E-state index in [0.717, 1.165) is 11.3 Å². The zero-order valence-corrected chi connectivity index (χ0v) is 20.3. The van der Waals surface area contributed by atoms with Crippen LogP contribution in [0, 0.1) is 5.92 Å². The van der Waals surface area contributed by atoms with Crippen LogP contribution in [0.5, 0.6) is 11.5 Å². The van der Waals surface area contributed by atoms with E-state index in [1.165, 1.54) is 23.5 Å². The van der Waals surface area contributed by atoms with Gasteiger partial charge in [-0.1, -0.05) is 12.1 Å². The summed E-state index contributed by atoms with van der Waals surface area (Å²) in [6.07, 6.45) is 1.34. The minimum absolute atomic E-state index is 0.115. The van der Waals surface area contributed by atoms with Gasteiger partial charge in [0.1, 0.15) is 11.5 Å². The number of methoxy groups -OCH3 is 2. The van der Waals surface area contributed by atoms with Gasteiger partial charge in [-0.15, -0.1) is 0 Å². The van der Waals surface area contributed by atoms with Crippen LogP contribution in [-0.4, -0.2) is 58.4 Å². The van der Waals surface area contributed by atoms with Crippen LogP contribution in [0.25, 0.3) is 0 Å². The van der Waals surface area contributed by atoms with E-state index in [2.05, 4.69) is 10.6 Å². The van der Waals surface area contributed by atoms with Crippen molar-refractivity contribution in [3.8, 4) is 11.5 Å². The van der Waals surface area contributed by atoms with Gasteiger partial charge in [0, 0.05) is 32.6 Å². The second-order valence-corrected chi connectivity index (χ2v) is 9.98. The van der Waals surface area contributed by atoms with Crippen LogP contribution in [0.15, 0.2) is 53.4 Å². The molecule has 0 saturated carbocycles. The molecule has 184 valence electrons. The largest absolute Gasteiger partial charge is 0.497 e. The number of nitrogens with zero attached hydrogens (tertiary/aromatic N) is 1. The van der Waals surface area contributed by atoms with Crippen molar-refractivity contribution < 1.29 is 27.5 Å². The Morgan fingerprint density at radius 1 is 0.971 bits per heavy atom. The summed E-state index contributed by atoms with van der Waals surface area (Å²) in [4.78, 5) is 24.9. The summed E-state index contributed by atoms with van der Waals surface area (Å²) in [5.74, 6) is 0.448. The number of piperidine rings is 1. The number of ether oxygens (including phenoxy) is 2. The Kier molecular flexibility index (Phi) is 8.89. The van der Waals surface area contributed by atoms with E-state index in [4.69, 9.17) is 9.47 Å². The third-order valence-corrected chi connectivity index (χ3v) is 7.63. The molecule has 0 aliphatic carbocycles. The molecule has 0 bridgehead atoms. The number of hydrogen-bond acceptors (Lipinski definition) is 6. The van der Waals surface area contributed by atoms with Crippen LogP contribution < -0.4 is 20.1 Å². The predicted molar refractivity (Wildman–Crippen MR) is 127 cm³/mol. The van der Waals surface area contributed by atoms with Crippen LogP contribution in [0.3, 0.4) is 0 Å². The fraction of sp³-hybridized carbons (Fsp3) is 0.417. The van der Waals surface area contributed by atoms with Crippen molar-refractivity contribution in [1.82, 2.24) is 14.9 Å². The van der Waals surface area contributed by atoms with Gasteiger partial charge in [-0.3, -0.25) is 9.59 Å². The van der Waals surface area contributed by atoms with Crippen LogP contribution in [0.1, 0.15) is 24.8 Å². The Morgan fingerprint density at radius 3 is 2.21 bits per heavy atom. The third-order valence-electron chi connectivity index (χ3n) is 5.75. The first-order chi connectivity index (χ1) is 16.3. The molecule has 0 unspecified atom stereocenters. The molecule has 2 aromatic carbocycles. The molecule has 1 aliphatic rings. The lowest BCUT2D eigenvalue weighted by Crippen LogP contribution is -2.45. The molecular weight excluding hydrogens is 458 g/mol. The normalized spacial score (nSPS) is 16.5. The van der Waals surface area contributed by atoms with Gasteiger partial charge in [0.25, 0.3) is 0 Å². The maximum absolute atomic E-state index is 13.0. The Labute approximate surface area is 200 Å². The minimum atomic E-state index is -3.70. The molecule has 1 fully saturated rings. The fourth-order valence-electron chi connectivity index (χ4n) is 3.75. The zero-order valence-electron chi connectivity index (χ0n) is 19.5. The average molecular weight is 490 g/mol. The average Bonchev–Trinajstić information content (AvgIpc) is 2.87. The van der Waals surface area contributed by atoms with Gasteiger partial charge >= 0.3 is 0 Å². The first-order valence-corrected chi connectivity index (χ1v) is 12.6. The number of hydrogen-bond donors (Lipinski definition) is 2. The first-order valence-electron chi connectivity index (χ1n) is 11.1. The molecule has 2 N–H and O–H groups in total. The lowest BCUT2D eigenvalue weighted by molar-refractivity contribution is -0.126. The molecule has 2 amide bonds. The van der Waals surface area contributed by atoms with Crippen molar-refractivity contribution >= 4 is 21.8 Å². The molecule has 1 heterocycles. The Bertz CT molecular complexity index is 1070. The summed E-state index contributed by atoms with van der Waals surface area (Å²) in [5.41, 5.74) is 0.943. The Balaban J connectivity index is 1.44. The van der Waals surface area contributed by atoms with E-state index in [1.807, 2.05) is 24.3 Å². The van der Waals surface area contributed by atoms with Crippen LogP contribution >= 0.6 is 0 Å². The molecule has 0 aromatic heterocycles. The molecule has 1 atom stereocenters. The Morgan fingerprint density at radius 2 is 1.59 bits per heavy atom. The monoisotopic (exact) mass is 489 g/mol. The smallest absolute Gasteiger partial charge is 0.243 e. The van der Waals surface area contributed by atoms with E-state index < -0.39 is 15.9 Å². The maximum Gasteiger partial charge on any atom is 0.243 e. The minimum Gasteiger partial charge on any atom is -0.497 e. The number of benzene rings is 2. The van der Waals surface area contributed by atoms with Gasteiger partial charge in [-0.05, 0) is 54.8 Å². The highest BCUT2D eigenvalue weighted by molar-refractivity contribution is 7.89. The van der Waals surface area contributed by atoms with Crippen molar-refractivity contribution in [3.05, 3.63) is 54.1 Å². The number of carbonyl (C=O) groups excluding carboxylic acids is 2. The van der Waals surface area contributed by atoms with E-state index in [0.29, 0.717) is 31.7 Å². The summed E-state index contributed by atoms with van der Waals surface area (Å²) in [6.45, 7) is 1.06. The van der Waals surface area contributed by atoms with Gasteiger partial charge in [-0.25, -0.2) is 8.42 Å². The van der Waals surface area contributed by atoms with Crippen molar-refractivity contribution in [2.24, 2.45) is 5.92 Å². The van der Waals surface area contributed by atoms with Crippen LogP contribution in [0.4, 0.5) is 0 Å². The molecule has 9 nitrogen and oxygen atoms in total. The van der Waals surface area contributed by atoms with Gasteiger partial charge in [-0.2, -0.15) is 4.31 Å². The van der Waals surface area contributed by atoms with Crippen molar-refractivity contribution in [3.63, 3.8) is 0 Å². The highest BCUT2D eigenvalue weighted by Crippen LogP contribution is 2.25. The SMILES string of the molecule is COc1ccc(CNC(=O)CCNC(=O)[C@@H]2CCCN(S(=O)(=O)c3ccc(OC)cc3)C2)cc1. The lowest BCUT2D eigenvalue weighted by Gasteiger charge is -2.31. The van der Waals surface area contributed by atoms with Gasteiger partial charge in [0.05, 0.1) is 25.0 Å². The summed E-state index contributed by atoms with van der Waals surface area (Å²) in [7, 11) is -0.591. The van der Waals surface area contributed by atoms with E-state index >= 15 is 0 Å². The van der Waals surface area contributed by atoms with Crippen molar-refractivity contribution in [2.75, 3.05) is 33.9 Å². The topological polar surface area (TPSA) is 114 Å². The summed E-state index contributed by atoms with van der Waals surface area (Å²) in [6, 6.07) is 13.6. The molecular formula is C24H31N3O6S. The first kappa shape index (κ1) is 25.5. The maximum atomic E-state index is 13.0. The quantitative estimate of drug-likeness (QED) is 0.527. The van der Waals surface area contributed by atoms with Gasteiger partial charge < -0.3 is 20.1 Å². The van der Waals surface area contributed by atoms with E-state index in [-0.39, 0.29) is 36.2 Å². The second-order valence-electron chi connectivity index (χ2n) is 8.04. The number of rotatable bonds is 10.